The number of aromatic nitrogens is 1. The smallest absolute Gasteiger partial charge is 0.255 e. The average Bonchev–Trinajstić information content (AvgIpc) is 3.01. The summed E-state index contributed by atoms with van der Waals surface area (Å²) < 4.78 is 26.6. The molecule has 3 rings (SSSR count). The first-order valence-corrected chi connectivity index (χ1v) is 8.30. The molecule has 1 fully saturated rings. The van der Waals surface area contributed by atoms with Crippen molar-refractivity contribution in [3.8, 4) is 0 Å². The largest absolute Gasteiger partial charge is 0.363 e. The summed E-state index contributed by atoms with van der Waals surface area (Å²) in [7, 11) is 3.79. The number of carbonyl (C=O) groups is 1. The van der Waals surface area contributed by atoms with E-state index in [4.69, 9.17) is 0 Å². The Balaban J connectivity index is 1.62. The zero-order valence-corrected chi connectivity index (χ0v) is 14.4. The third kappa shape index (κ3) is 4.13. The summed E-state index contributed by atoms with van der Waals surface area (Å²) in [5, 5.41) is 0. The molecule has 1 aromatic heterocycles. The molecule has 132 valence electrons. The van der Waals surface area contributed by atoms with Gasteiger partial charge in [-0.25, -0.2) is 13.8 Å². The van der Waals surface area contributed by atoms with Crippen LogP contribution in [0.5, 0.6) is 0 Å². The van der Waals surface area contributed by atoms with Crippen LogP contribution in [-0.2, 0) is 6.42 Å². The van der Waals surface area contributed by atoms with E-state index in [1.54, 1.807) is 17.2 Å². The van der Waals surface area contributed by atoms with E-state index < -0.39 is 11.6 Å². The number of rotatable bonds is 4. The highest BCUT2D eigenvalue weighted by Gasteiger charge is 2.27. The molecule has 4 nitrogen and oxygen atoms in total. The molecular formula is C19H21F2N3O. The fourth-order valence-corrected chi connectivity index (χ4v) is 3.21. The highest BCUT2D eigenvalue weighted by molar-refractivity contribution is 5.94. The number of benzene rings is 1. The summed E-state index contributed by atoms with van der Waals surface area (Å²) >= 11 is 0. The molecule has 6 heteroatoms. The van der Waals surface area contributed by atoms with Crippen LogP contribution in [0.1, 0.15) is 22.3 Å². The number of nitrogens with zero attached hydrogens (tertiary/aromatic N) is 3. The second-order valence-electron chi connectivity index (χ2n) is 6.69. The lowest BCUT2D eigenvalue weighted by Gasteiger charge is -2.17. The van der Waals surface area contributed by atoms with Gasteiger partial charge >= 0.3 is 0 Å². The Morgan fingerprint density at radius 3 is 2.56 bits per heavy atom. The predicted molar refractivity (Wildman–Crippen MR) is 92.6 cm³/mol. The maximum atomic E-state index is 13.3. The van der Waals surface area contributed by atoms with Crippen molar-refractivity contribution in [2.75, 3.05) is 32.1 Å². The standard InChI is InChI=1S/C19H21F2N3O/c1-23(2)18-4-3-15(11-22-18)19(25)24-6-5-13(12-24)7-14-8-16(20)10-17(21)9-14/h3-4,8-11,13H,5-7,12H2,1-2H3. The van der Waals surface area contributed by atoms with E-state index in [1.165, 1.54) is 12.1 Å². The van der Waals surface area contributed by atoms with Gasteiger partial charge in [0.1, 0.15) is 17.5 Å². The molecule has 1 unspecified atom stereocenters. The van der Waals surface area contributed by atoms with Crippen molar-refractivity contribution in [1.29, 1.82) is 0 Å². The molecule has 25 heavy (non-hydrogen) atoms. The Morgan fingerprint density at radius 2 is 1.96 bits per heavy atom. The Kier molecular flexibility index (Phi) is 4.97. The summed E-state index contributed by atoms with van der Waals surface area (Å²) in [6.45, 7) is 1.24. The van der Waals surface area contributed by atoms with Gasteiger partial charge < -0.3 is 9.80 Å². The second-order valence-corrected chi connectivity index (χ2v) is 6.69. The molecule has 1 aliphatic heterocycles. The average molecular weight is 345 g/mol. The van der Waals surface area contributed by atoms with E-state index >= 15 is 0 Å². The molecule has 0 aliphatic carbocycles. The van der Waals surface area contributed by atoms with Crippen LogP contribution in [0.4, 0.5) is 14.6 Å². The van der Waals surface area contributed by atoms with Gasteiger partial charge in [0.2, 0.25) is 0 Å². The van der Waals surface area contributed by atoms with Gasteiger partial charge in [-0.2, -0.15) is 0 Å². The minimum atomic E-state index is -0.562. The normalized spacial score (nSPS) is 17.0. The van der Waals surface area contributed by atoms with Crippen LogP contribution in [0.25, 0.3) is 0 Å². The summed E-state index contributed by atoms with van der Waals surface area (Å²) in [5.74, 6) is -0.171. The minimum Gasteiger partial charge on any atom is -0.363 e. The van der Waals surface area contributed by atoms with E-state index in [9.17, 15) is 13.6 Å². The van der Waals surface area contributed by atoms with Crippen LogP contribution in [0.15, 0.2) is 36.5 Å². The summed E-state index contributed by atoms with van der Waals surface area (Å²) in [4.78, 5) is 20.5. The van der Waals surface area contributed by atoms with Crippen molar-refractivity contribution in [1.82, 2.24) is 9.88 Å². The summed E-state index contributed by atoms with van der Waals surface area (Å²) in [5.41, 5.74) is 1.19. The van der Waals surface area contributed by atoms with E-state index in [0.29, 0.717) is 30.6 Å². The van der Waals surface area contributed by atoms with Gasteiger partial charge in [0.25, 0.3) is 5.91 Å². The third-order valence-corrected chi connectivity index (χ3v) is 4.47. The predicted octanol–water partition coefficient (Wildman–Crippen LogP) is 3.13. The van der Waals surface area contributed by atoms with Gasteiger partial charge in [-0.3, -0.25) is 4.79 Å². The van der Waals surface area contributed by atoms with Gasteiger partial charge in [0.05, 0.1) is 5.56 Å². The molecule has 1 atom stereocenters. The van der Waals surface area contributed by atoms with Crippen LogP contribution >= 0.6 is 0 Å². The number of pyridine rings is 1. The van der Waals surface area contributed by atoms with Crippen LogP contribution in [-0.4, -0.2) is 43.0 Å². The highest BCUT2D eigenvalue weighted by atomic mass is 19.1. The molecule has 0 N–H and O–H groups in total. The maximum Gasteiger partial charge on any atom is 0.255 e. The molecule has 1 amide bonds. The monoisotopic (exact) mass is 345 g/mol. The molecule has 0 spiro atoms. The Morgan fingerprint density at radius 1 is 1.24 bits per heavy atom. The molecule has 1 aromatic carbocycles. The number of hydrogen-bond donors (Lipinski definition) is 0. The minimum absolute atomic E-state index is 0.0503. The van der Waals surface area contributed by atoms with E-state index in [-0.39, 0.29) is 11.8 Å². The number of halogens is 2. The first kappa shape index (κ1) is 17.3. The van der Waals surface area contributed by atoms with E-state index in [0.717, 1.165) is 18.3 Å². The molecule has 2 aromatic rings. The van der Waals surface area contributed by atoms with Crippen molar-refractivity contribution >= 4 is 11.7 Å². The van der Waals surface area contributed by atoms with E-state index in [1.807, 2.05) is 25.1 Å². The Hall–Kier alpha value is -2.50. The van der Waals surface area contributed by atoms with Gasteiger partial charge in [-0.15, -0.1) is 0 Å². The highest BCUT2D eigenvalue weighted by Crippen LogP contribution is 2.23. The topological polar surface area (TPSA) is 36.4 Å². The first-order valence-electron chi connectivity index (χ1n) is 8.30. The van der Waals surface area contributed by atoms with Crippen LogP contribution in [0.3, 0.4) is 0 Å². The van der Waals surface area contributed by atoms with Crippen LogP contribution < -0.4 is 4.90 Å². The Bertz CT molecular complexity index is 742. The van der Waals surface area contributed by atoms with Crippen LogP contribution in [0.2, 0.25) is 0 Å². The molecule has 0 radical (unpaired) electrons. The molecule has 0 saturated carbocycles. The fourth-order valence-electron chi connectivity index (χ4n) is 3.21. The zero-order chi connectivity index (χ0) is 18.0. The molecule has 2 heterocycles. The SMILES string of the molecule is CN(C)c1ccc(C(=O)N2CCC(Cc3cc(F)cc(F)c3)C2)cn1. The lowest BCUT2D eigenvalue weighted by atomic mass is 9.98. The van der Waals surface area contributed by atoms with Crippen LogP contribution in [0, 0.1) is 17.6 Å². The molecule has 1 saturated heterocycles. The van der Waals surface area contributed by atoms with Crippen molar-refractivity contribution in [3.05, 3.63) is 59.3 Å². The van der Waals surface area contributed by atoms with Gasteiger partial charge in [-0.05, 0) is 48.6 Å². The van der Waals surface area contributed by atoms with Gasteiger partial charge in [-0.1, -0.05) is 0 Å². The molecular weight excluding hydrogens is 324 g/mol. The maximum absolute atomic E-state index is 13.3. The van der Waals surface area contributed by atoms with Crippen molar-refractivity contribution in [2.24, 2.45) is 5.92 Å². The lowest BCUT2D eigenvalue weighted by molar-refractivity contribution is 0.0786. The fraction of sp³-hybridized carbons (Fsp3) is 0.368. The van der Waals surface area contributed by atoms with Crippen molar-refractivity contribution < 1.29 is 13.6 Å². The van der Waals surface area contributed by atoms with Crippen molar-refractivity contribution in [3.63, 3.8) is 0 Å². The number of hydrogen-bond acceptors (Lipinski definition) is 3. The van der Waals surface area contributed by atoms with Crippen molar-refractivity contribution in [2.45, 2.75) is 12.8 Å². The van der Waals surface area contributed by atoms with Gasteiger partial charge in [0, 0.05) is 39.4 Å². The number of likely N-dealkylation sites (tertiary alicyclic amines) is 1. The third-order valence-electron chi connectivity index (χ3n) is 4.47. The summed E-state index contributed by atoms with van der Waals surface area (Å²) in [6, 6.07) is 7.18. The quantitative estimate of drug-likeness (QED) is 0.854. The number of anilines is 1. The first-order chi connectivity index (χ1) is 11.9. The number of carbonyl (C=O) groups excluding carboxylic acids is 1. The van der Waals surface area contributed by atoms with E-state index in [2.05, 4.69) is 4.98 Å². The molecule has 1 aliphatic rings. The summed E-state index contributed by atoms with van der Waals surface area (Å²) in [6.07, 6.45) is 2.98. The number of amides is 1. The second kappa shape index (κ2) is 7.17. The lowest BCUT2D eigenvalue weighted by Crippen LogP contribution is -2.29. The molecule has 0 bridgehead atoms. The van der Waals surface area contributed by atoms with Gasteiger partial charge in [0.15, 0.2) is 0 Å². The Labute approximate surface area is 146 Å². The zero-order valence-electron chi connectivity index (χ0n) is 14.4.